The highest BCUT2D eigenvalue weighted by Crippen LogP contribution is 2.21. The third-order valence-corrected chi connectivity index (χ3v) is 6.85. The van der Waals surface area contributed by atoms with Gasteiger partial charge < -0.3 is 29.2 Å². The van der Waals surface area contributed by atoms with Crippen molar-refractivity contribution in [3.05, 3.63) is 59.5 Å². The molecule has 3 amide bonds. The monoisotopic (exact) mass is 525 g/mol. The summed E-state index contributed by atoms with van der Waals surface area (Å²) in [6.07, 6.45) is 2.31. The summed E-state index contributed by atoms with van der Waals surface area (Å²) in [5.41, 5.74) is 1.72. The summed E-state index contributed by atoms with van der Waals surface area (Å²) in [7, 11) is 1.64. The quantitative estimate of drug-likeness (QED) is 0.433. The van der Waals surface area contributed by atoms with Gasteiger partial charge in [-0.1, -0.05) is 6.92 Å². The molecule has 2 aromatic heterocycles. The van der Waals surface area contributed by atoms with E-state index in [2.05, 4.69) is 15.2 Å². The normalized spacial score (nSPS) is 13.4. The number of aromatic nitrogens is 1. The van der Waals surface area contributed by atoms with Gasteiger partial charge in [0.05, 0.1) is 25.5 Å². The van der Waals surface area contributed by atoms with Crippen molar-refractivity contribution in [2.75, 3.05) is 56.6 Å². The molecule has 1 aliphatic heterocycles. The van der Waals surface area contributed by atoms with Crippen LogP contribution < -0.4 is 15.0 Å². The van der Waals surface area contributed by atoms with E-state index in [-0.39, 0.29) is 36.4 Å². The molecule has 0 spiro atoms. The van der Waals surface area contributed by atoms with Crippen LogP contribution in [0.25, 0.3) is 0 Å². The third-order valence-electron chi connectivity index (χ3n) is 6.05. The van der Waals surface area contributed by atoms with E-state index < -0.39 is 0 Å². The first-order valence-electron chi connectivity index (χ1n) is 12.2. The van der Waals surface area contributed by atoms with Crippen molar-refractivity contribution in [3.63, 3.8) is 0 Å². The smallest absolute Gasteiger partial charge is 0.290 e. The van der Waals surface area contributed by atoms with Crippen molar-refractivity contribution in [2.45, 2.75) is 19.8 Å². The summed E-state index contributed by atoms with van der Waals surface area (Å²) in [6.45, 7) is 5.02. The molecule has 1 N–H and O–H groups in total. The minimum atomic E-state index is -0.352. The lowest BCUT2D eigenvalue weighted by Crippen LogP contribution is -2.49. The van der Waals surface area contributed by atoms with Gasteiger partial charge in [0.1, 0.15) is 12.3 Å². The highest BCUT2D eigenvalue weighted by atomic mass is 32.1. The highest BCUT2D eigenvalue weighted by Gasteiger charge is 2.23. The van der Waals surface area contributed by atoms with Gasteiger partial charge in [-0.3, -0.25) is 14.4 Å². The Kier molecular flexibility index (Phi) is 8.78. The van der Waals surface area contributed by atoms with Crippen molar-refractivity contribution >= 4 is 39.9 Å². The molecule has 0 atom stereocenters. The number of piperazine rings is 1. The number of carbonyl (C=O) groups excluding carboxylic acids is 3. The molecule has 3 aromatic rings. The van der Waals surface area contributed by atoms with E-state index in [0.717, 1.165) is 24.5 Å². The Hall–Kier alpha value is -3.86. The number of nitrogens with one attached hydrogen (secondary N) is 1. The molecule has 1 aliphatic rings. The average Bonchev–Trinajstić information content (AvgIpc) is 3.61. The molecule has 3 heterocycles. The van der Waals surface area contributed by atoms with Crippen LogP contribution in [0.4, 0.5) is 10.8 Å². The number of nitrogens with zero attached hydrogens (tertiary/aromatic N) is 4. The first-order valence-corrected chi connectivity index (χ1v) is 13.1. The predicted octanol–water partition coefficient (Wildman–Crippen LogP) is 3.13. The van der Waals surface area contributed by atoms with E-state index in [4.69, 9.17) is 9.15 Å². The van der Waals surface area contributed by atoms with Gasteiger partial charge in [-0.05, 0) is 42.8 Å². The van der Waals surface area contributed by atoms with Crippen LogP contribution >= 0.6 is 11.3 Å². The van der Waals surface area contributed by atoms with Crippen LogP contribution in [-0.4, -0.2) is 78.9 Å². The fourth-order valence-corrected chi connectivity index (χ4v) is 4.86. The lowest BCUT2D eigenvalue weighted by atomic mass is 10.2. The molecule has 0 saturated carbocycles. The lowest BCUT2D eigenvalue weighted by molar-refractivity contribution is -0.130. The number of thiazole rings is 1. The summed E-state index contributed by atoms with van der Waals surface area (Å²) in [5, 5.41) is 4.92. The molecule has 196 valence electrons. The second kappa shape index (κ2) is 12.4. The Morgan fingerprint density at radius 1 is 1.14 bits per heavy atom. The zero-order valence-electron chi connectivity index (χ0n) is 21.0. The second-order valence-electron chi connectivity index (χ2n) is 8.64. The number of furan rings is 1. The number of hydrogen-bond donors (Lipinski definition) is 1. The summed E-state index contributed by atoms with van der Waals surface area (Å²) in [6, 6.07) is 11.1. The fourth-order valence-electron chi connectivity index (χ4n) is 4.13. The van der Waals surface area contributed by atoms with Crippen molar-refractivity contribution in [1.82, 2.24) is 14.8 Å². The molecule has 0 unspecified atom stereocenters. The molecular weight excluding hydrogens is 494 g/mol. The molecule has 37 heavy (non-hydrogen) atoms. The lowest BCUT2D eigenvalue weighted by Gasteiger charge is -2.36. The minimum absolute atomic E-state index is 0.00993. The number of methoxy groups -OCH3 is 1. The number of benzene rings is 1. The van der Waals surface area contributed by atoms with E-state index in [1.807, 2.05) is 36.1 Å². The van der Waals surface area contributed by atoms with Gasteiger partial charge in [0, 0.05) is 43.8 Å². The maximum Gasteiger partial charge on any atom is 0.290 e. The van der Waals surface area contributed by atoms with Gasteiger partial charge >= 0.3 is 0 Å². The molecular formula is C26H31N5O5S. The maximum absolute atomic E-state index is 12.8. The Morgan fingerprint density at radius 2 is 1.89 bits per heavy atom. The number of amides is 3. The molecule has 10 nitrogen and oxygen atoms in total. The molecule has 1 aromatic carbocycles. The topological polar surface area (TPSA) is 108 Å². The van der Waals surface area contributed by atoms with E-state index in [0.29, 0.717) is 36.9 Å². The third kappa shape index (κ3) is 6.88. The van der Waals surface area contributed by atoms with Gasteiger partial charge in [0.2, 0.25) is 11.8 Å². The molecule has 0 bridgehead atoms. The number of carbonyl (C=O) groups is 3. The van der Waals surface area contributed by atoms with E-state index in [1.165, 1.54) is 22.5 Å². The number of anilines is 2. The number of hydrogen-bond acceptors (Lipinski definition) is 8. The summed E-state index contributed by atoms with van der Waals surface area (Å²) in [5.74, 6) is 0.337. The van der Waals surface area contributed by atoms with Crippen molar-refractivity contribution in [1.29, 1.82) is 0 Å². The van der Waals surface area contributed by atoms with Gasteiger partial charge in [-0.15, -0.1) is 11.3 Å². The Balaban J connectivity index is 1.25. The van der Waals surface area contributed by atoms with Gasteiger partial charge in [-0.2, -0.15) is 0 Å². The van der Waals surface area contributed by atoms with Crippen LogP contribution in [0.1, 0.15) is 29.6 Å². The first-order chi connectivity index (χ1) is 18.0. The first kappa shape index (κ1) is 26.2. The fraction of sp³-hybridized carbons (Fsp3) is 0.385. The van der Waals surface area contributed by atoms with Crippen molar-refractivity contribution in [2.24, 2.45) is 0 Å². The second-order valence-corrected chi connectivity index (χ2v) is 9.50. The SMILES string of the molecule is CCCN(CC(=O)Nc1nc(CC(=O)N2CCN(c3ccc(OC)cc3)CC2)cs1)C(=O)c1ccco1. The summed E-state index contributed by atoms with van der Waals surface area (Å²) in [4.78, 5) is 47.9. The van der Waals surface area contributed by atoms with E-state index in [1.54, 1.807) is 24.6 Å². The van der Waals surface area contributed by atoms with Crippen LogP contribution in [0.3, 0.4) is 0 Å². The maximum atomic E-state index is 12.8. The van der Waals surface area contributed by atoms with Gasteiger partial charge in [0.25, 0.3) is 5.91 Å². The van der Waals surface area contributed by atoms with E-state index in [9.17, 15) is 14.4 Å². The predicted molar refractivity (Wildman–Crippen MR) is 141 cm³/mol. The standard InChI is InChI=1S/C26H31N5O5S/c1-3-10-31(25(34)22-5-4-15-36-22)17-23(32)28-26-27-19(18-37-26)16-24(33)30-13-11-29(12-14-30)20-6-8-21(35-2)9-7-20/h4-9,15,18H,3,10-14,16-17H2,1-2H3,(H,27,28,32). The Labute approximate surface area is 219 Å². The molecule has 0 radical (unpaired) electrons. The largest absolute Gasteiger partial charge is 0.497 e. The molecule has 0 aliphatic carbocycles. The number of rotatable bonds is 10. The molecule has 11 heteroatoms. The zero-order valence-corrected chi connectivity index (χ0v) is 21.8. The van der Waals surface area contributed by atoms with E-state index >= 15 is 0 Å². The van der Waals surface area contributed by atoms with Gasteiger partial charge in [-0.25, -0.2) is 4.98 Å². The van der Waals surface area contributed by atoms with Crippen molar-refractivity contribution in [3.8, 4) is 5.75 Å². The molecule has 1 fully saturated rings. The summed E-state index contributed by atoms with van der Waals surface area (Å²) >= 11 is 1.26. The van der Waals surface area contributed by atoms with Crippen molar-refractivity contribution < 1.29 is 23.5 Å². The van der Waals surface area contributed by atoms with Crippen LogP contribution in [0.15, 0.2) is 52.5 Å². The van der Waals surface area contributed by atoms with Gasteiger partial charge in [0.15, 0.2) is 10.9 Å². The minimum Gasteiger partial charge on any atom is -0.497 e. The highest BCUT2D eigenvalue weighted by molar-refractivity contribution is 7.13. The number of ether oxygens (including phenoxy) is 1. The Morgan fingerprint density at radius 3 is 2.54 bits per heavy atom. The summed E-state index contributed by atoms with van der Waals surface area (Å²) < 4.78 is 10.4. The van der Waals surface area contributed by atoms with Crippen LogP contribution in [0.2, 0.25) is 0 Å². The van der Waals surface area contributed by atoms with Crippen LogP contribution in [0, 0.1) is 0 Å². The molecule has 1 saturated heterocycles. The Bertz CT molecular complexity index is 1190. The van der Waals surface area contributed by atoms with Crippen LogP contribution in [0.5, 0.6) is 5.75 Å². The zero-order chi connectivity index (χ0) is 26.2. The van der Waals surface area contributed by atoms with Crippen LogP contribution in [-0.2, 0) is 16.0 Å². The average molecular weight is 526 g/mol. The molecule has 4 rings (SSSR count).